The quantitative estimate of drug-likeness (QED) is 0.176. The number of hydrogen-bond donors (Lipinski definition) is 2. The molecule has 6 amide bonds. The third kappa shape index (κ3) is 6.60. The van der Waals surface area contributed by atoms with Gasteiger partial charge in [0.05, 0.1) is 40.6 Å². The van der Waals surface area contributed by atoms with Crippen molar-refractivity contribution in [1.29, 1.82) is 0 Å². The monoisotopic (exact) mass is 768 g/mol. The number of anilines is 2. The van der Waals surface area contributed by atoms with Gasteiger partial charge in [-0.05, 0) is 42.7 Å². The molecule has 3 aromatic carbocycles. The van der Waals surface area contributed by atoms with Gasteiger partial charge in [-0.1, -0.05) is 72.4 Å². The Kier molecular flexibility index (Phi) is 10.1. The van der Waals surface area contributed by atoms with Gasteiger partial charge in [-0.2, -0.15) is 0 Å². The molecule has 3 aromatic rings. The highest BCUT2D eigenvalue weighted by molar-refractivity contribution is 7.90. The minimum atomic E-state index is -4.58. The molecule has 52 heavy (non-hydrogen) atoms. The molecule has 18 heteroatoms. The van der Waals surface area contributed by atoms with E-state index >= 15 is 0 Å². The van der Waals surface area contributed by atoms with Gasteiger partial charge in [-0.15, -0.1) is 0 Å². The molecule has 0 spiro atoms. The fourth-order valence-electron chi connectivity index (χ4n) is 6.35. The first-order valence-corrected chi connectivity index (χ1v) is 18.1. The number of carbonyl (C=O) groups is 6. The van der Waals surface area contributed by atoms with Crippen molar-refractivity contribution in [2.24, 2.45) is 4.99 Å². The van der Waals surface area contributed by atoms with Crippen molar-refractivity contribution in [1.82, 2.24) is 14.1 Å². The van der Waals surface area contributed by atoms with Gasteiger partial charge in [-0.3, -0.25) is 24.1 Å². The van der Waals surface area contributed by atoms with E-state index in [4.69, 9.17) is 27.9 Å². The zero-order chi connectivity index (χ0) is 37.5. The second-order valence-electron chi connectivity index (χ2n) is 12.1. The van der Waals surface area contributed by atoms with Gasteiger partial charge in [0.15, 0.2) is 11.9 Å². The summed E-state index contributed by atoms with van der Waals surface area (Å²) in [7, 11) is -3.47. The van der Waals surface area contributed by atoms with Crippen LogP contribution in [0.15, 0.2) is 70.6 Å². The van der Waals surface area contributed by atoms with Crippen molar-refractivity contribution in [3.63, 3.8) is 0 Å². The number of rotatable bonds is 9. The van der Waals surface area contributed by atoms with Crippen molar-refractivity contribution in [2.45, 2.75) is 56.1 Å². The number of urea groups is 1. The maximum Gasteiger partial charge on any atom is 0.339 e. The lowest BCUT2D eigenvalue weighted by molar-refractivity contribution is -0.144. The molecule has 15 nitrogen and oxygen atoms in total. The number of fused-ring (bicyclic) bond motifs is 1. The van der Waals surface area contributed by atoms with Crippen molar-refractivity contribution < 1.29 is 41.9 Å². The predicted molar refractivity (Wildman–Crippen MR) is 189 cm³/mol. The third-order valence-corrected chi connectivity index (χ3v) is 11.2. The molecule has 0 aromatic heterocycles. The molecule has 270 valence electrons. The van der Waals surface area contributed by atoms with E-state index in [9.17, 15) is 37.2 Å². The average Bonchev–Trinajstić information content (AvgIpc) is 3.70. The first-order chi connectivity index (χ1) is 24.7. The minimum absolute atomic E-state index is 0.0272. The normalized spacial score (nSPS) is 17.5. The summed E-state index contributed by atoms with van der Waals surface area (Å²) in [6, 6.07) is 10.5. The average molecular weight is 770 g/mol. The maximum atomic E-state index is 14.6. The molecular weight excluding hydrogens is 739 g/mol. The summed E-state index contributed by atoms with van der Waals surface area (Å²) in [6.45, 7) is 0.864. The number of nitrogens with zero attached hydrogens (tertiary/aromatic N) is 4. The van der Waals surface area contributed by atoms with Crippen LogP contribution in [0.5, 0.6) is 0 Å². The van der Waals surface area contributed by atoms with Crippen molar-refractivity contribution in [2.75, 3.05) is 17.7 Å². The van der Waals surface area contributed by atoms with Crippen molar-refractivity contribution >= 4 is 91.8 Å². The topological polar surface area (TPSA) is 192 Å². The first-order valence-electron chi connectivity index (χ1n) is 15.9. The highest BCUT2D eigenvalue weighted by Gasteiger charge is 2.55. The van der Waals surface area contributed by atoms with E-state index in [0.29, 0.717) is 41.0 Å². The molecule has 0 radical (unpaired) electrons. The van der Waals surface area contributed by atoms with Gasteiger partial charge >= 0.3 is 23.8 Å². The Bertz CT molecular complexity index is 2170. The van der Waals surface area contributed by atoms with Crippen LogP contribution >= 0.6 is 23.2 Å². The molecule has 2 aliphatic heterocycles. The number of para-hydroxylation sites is 1. The van der Waals surface area contributed by atoms with E-state index in [1.807, 2.05) is 0 Å². The van der Waals surface area contributed by atoms with Gasteiger partial charge in [0, 0.05) is 13.0 Å². The summed E-state index contributed by atoms with van der Waals surface area (Å²) in [5.41, 5.74) is -0.220. The van der Waals surface area contributed by atoms with Gasteiger partial charge in [0.2, 0.25) is 5.91 Å². The lowest BCUT2D eigenvalue weighted by Crippen LogP contribution is -2.60. The fraction of sp³-hybridized carbons (Fsp3) is 0.265. The van der Waals surface area contributed by atoms with Crippen molar-refractivity contribution in [3.8, 4) is 0 Å². The SMILES string of the molecule is COC(=O)c1cc(NC(=O)C(C2=Nc3c(NC(C)=O)cccc3S(=O)(=O)N2C2CCCC2)N2C(=O)C(=O)N(Cc3ccccc3)C2=O)c(Cl)cc1Cl. The predicted octanol–water partition coefficient (Wildman–Crippen LogP) is 4.71. The number of esters is 1. The minimum Gasteiger partial charge on any atom is -0.465 e. The number of hydrogen-bond acceptors (Lipinski definition) is 10. The van der Waals surface area contributed by atoms with E-state index in [2.05, 4.69) is 15.6 Å². The van der Waals surface area contributed by atoms with Gasteiger partial charge < -0.3 is 15.4 Å². The lowest BCUT2D eigenvalue weighted by Gasteiger charge is -2.39. The molecule has 2 fully saturated rings. The zero-order valence-corrected chi connectivity index (χ0v) is 29.9. The Labute approximate surface area is 307 Å². The zero-order valence-electron chi connectivity index (χ0n) is 27.6. The third-order valence-electron chi connectivity index (χ3n) is 8.69. The van der Waals surface area contributed by atoms with Crippen LogP contribution in [-0.4, -0.2) is 83.2 Å². The molecule has 1 saturated carbocycles. The number of aliphatic imine (C=N–C) groups is 1. The van der Waals surface area contributed by atoms with Crippen LogP contribution in [0.3, 0.4) is 0 Å². The summed E-state index contributed by atoms with van der Waals surface area (Å²) < 4.78 is 34.8. The molecule has 3 aliphatic rings. The number of methoxy groups -OCH3 is 1. The standard InChI is InChI=1S/C34H30Cl2N6O9S/c1-18(43)37-24-13-8-14-26-27(24)39-29(42(52(26,49)50)20-11-6-7-12-20)28(30(44)38-25-15-21(33(47)51-2)22(35)16-23(25)36)41-32(46)31(45)40(34(41)48)17-19-9-4-3-5-10-19/h3-5,8-10,13-16,20,28H,6-7,11-12,17H2,1-2H3,(H,37,43)(H,38,44). The number of benzene rings is 3. The fourth-order valence-corrected chi connectivity index (χ4v) is 8.71. The largest absolute Gasteiger partial charge is 0.465 e. The summed E-state index contributed by atoms with van der Waals surface area (Å²) >= 11 is 12.6. The highest BCUT2D eigenvalue weighted by atomic mass is 35.5. The second kappa shape index (κ2) is 14.4. The van der Waals surface area contributed by atoms with E-state index in [-0.39, 0.29) is 44.1 Å². The molecule has 1 atom stereocenters. The molecular formula is C34H30Cl2N6O9S. The number of ether oxygens (including phenoxy) is 1. The summed E-state index contributed by atoms with van der Waals surface area (Å²) in [4.78, 5) is 86.0. The van der Waals surface area contributed by atoms with Gasteiger partial charge in [-0.25, -0.2) is 32.2 Å². The molecule has 2 N–H and O–H groups in total. The van der Waals surface area contributed by atoms with Crippen LogP contribution in [0.4, 0.5) is 21.9 Å². The van der Waals surface area contributed by atoms with E-state index in [1.165, 1.54) is 25.1 Å². The molecule has 1 aliphatic carbocycles. The van der Waals surface area contributed by atoms with Crippen LogP contribution in [0.25, 0.3) is 0 Å². The number of carbonyl (C=O) groups excluding carboxylic acids is 6. The van der Waals surface area contributed by atoms with E-state index in [0.717, 1.165) is 23.5 Å². The van der Waals surface area contributed by atoms with E-state index in [1.54, 1.807) is 30.3 Å². The Hall–Kier alpha value is -5.32. The Morgan fingerprint density at radius 3 is 2.27 bits per heavy atom. The summed E-state index contributed by atoms with van der Waals surface area (Å²) in [6.07, 6.45) is 1.95. The molecule has 2 heterocycles. The second-order valence-corrected chi connectivity index (χ2v) is 14.7. The summed E-state index contributed by atoms with van der Waals surface area (Å²) in [5, 5.41) is 4.72. The first kappa shape index (κ1) is 36.5. The van der Waals surface area contributed by atoms with Crippen molar-refractivity contribution in [3.05, 3.63) is 81.8 Å². The van der Waals surface area contributed by atoms with Crippen LogP contribution in [0.1, 0.15) is 48.5 Å². The lowest BCUT2D eigenvalue weighted by atomic mass is 10.1. The summed E-state index contributed by atoms with van der Waals surface area (Å²) in [5.74, 6) is -5.92. The Morgan fingerprint density at radius 1 is 0.923 bits per heavy atom. The van der Waals surface area contributed by atoms with Crippen LogP contribution < -0.4 is 10.6 Å². The molecule has 1 unspecified atom stereocenters. The number of nitrogens with one attached hydrogen (secondary N) is 2. The molecule has 0 bridgehead atoms. The number of halogens is 2. The van der Waals surface area contributed by atoms with Crippen LogP contribution in [0.2, 0.25) is 10.0 Å². The van der Waals surface area contributed by atoms with E-state index < -0.39 is 63.6 Å². The van der Waals surface area contributed by atoms with Gasteiger partial charge in [0.25, 0.3) is 15.9 Å². The number of imide groups is 2. The smallest absolute Gasteiger partial charge is 0.339 e. The Balaban J connectivity index is 1.56. The number of sulfonamides is 1. The number of amidine groups is 1. The Morgan fingerprint density at radius 2 is 1.62 bits per heavy atom. The number of amides is 6. The molecule has 1 saturated heterocycles. The van der Waals surface area contributed by atoms with Gasteiger partial charge in [0.1, 0.15) is 10.6 Å². The molecule has 6 rings (SSSR count). The van der Waals surface area contributed by atoms with Crippen LogP contribution in [0, 0.1) is 0 Å². The maximum absolute atomic E-state index is 14.6. The van der Waals surface area contributed by atoms with Crippen LogP contribution in [-0.2, 0) is 40.5 Å². The highest BCUT2D eigenvalue weighted by Crippen LogP contribution is 2.43.